The Morgan fingerprint density at radius 1 is 0.935 bits per heavy atom. The van der Waals surface area contributed by atoms with E-state index in [1.54, 1.807) is 6.07 Å². The van der Waals surface area contributed by atoms with Gasteiger partial charge in [-0.2, -0.15) is 0 Å². The minimum atomic E-state index is -0.446. The molecule has 0 saturated carbocycles. The van der Waals surface area contributed by atoms with Crippen molar-refractivity contribution in [1.82, 2.24) is 10.2 Å². The van der Waals surface area contributed by atoms with Crippen LogP contribution in [0.1, 0.15) is 53.6 Å². The molecule has 0 unspecified atom stereocenters. The minimum Gasteiger partial charge on any atom is -0.371 e. The second-order valence-corrected chi connectivity index (χ2v) is 8.44. The Hall–Kier alpha value is -2.93. The number of carbonyl (C=O) groups is 1. The van der Waals surface area contributed by atoms with Crippen LogP contribution in [0.25, 0.3) is 0 Å². The SMILES string of the molecule is O=C(NCc1ccccc1CN1CCCCC1)c1cc([N+](=O)[O-])ccc1N1CCCC1. The lowest BCUT2D eigenvalue weighted by Crippen LogP contribution is -2.30. The molecule has 0 aliphatic carbocycles. The van der Waals surface area contributed by atoms with Crippen LogP contribution in [0.4, 0.5) is 11.4 Å². The molecule has 2 saturated heterocycles. The summed E-state index contributed by atoms with van der Waals surface area (Å²) < 4.78 is 0. The number of likely N-dealkylation sites (tertiary alicyclic amines) is 1. The fraction of sp³-hybridized carbons (Fsp3) is 0.458. The number of nitrogens with zero attached hydrogens (tertiary/aromatic N) is 3. The van der Waals surface area contributed by atoms with Crippen LogP contribution in [-0.4, -0.2) is 41.9 Å². The van der Waals surface area contributed by atoms with Gasteiger partial charge in [-0.05, 0) is 56.0 Å². The van der Waals surface area contributed by atoms with Gasteiger partial charge in [-0.25, -0.2) is 0 Å². The average Bonchev–Trinajstić information content (AvgIpc) is 3.33. The van der Waals surface area contributed by atoms with E-state index < -0.39 is 4.92 Å². The Labute approximate surface area is 183 Å². The number of benzene rings is 2. The molecule has 1 N–H and O–H groups in total. The van der Waals surface area contributed by atoms with Crippen molar-refractivity contribution in [2.75, 3.05) is 31.1 Å². The highest BCUT2D eigenvalue weighted by atomic mass is 16.6. The maximum atomic E-state index is 13.1. The summed E-state index contributed by atoms with van der Waals surface area (Å²) in [5.41, 5.74) is 3.42. The summed E-state index contributed by atoms with van der Waals surface area (Å²) in [4.78, 5) is 28.5. The molecule has 2 fully saturated rings. The van der Waals surface area contributed by atoms with Crippen molar-refractivity contribution < 1.29 is 9.72 Å². The summed E-state index contributed by atoms with van der Waals surface area (Å²) in [5, 5.41) is 14.3. The lowest BCUT2D eigenvalue weighted by atomic mass is 10.0. The van der Waals surface area contributed by atoms with E-state index in [2.05, 4.69) is 21.2 Å². The molecule has 2 aromatic carbocycles. The number of nitro benzene ring substituents is 1. The van der Waals surface area contributed by atoms with Gasteiger partial charge in [0.25, 0.3) is 11.6 Å². The highest BCUT2D eigenvalue weighted by Gasteiger charge is 2.22. The van der Waals surface area contributed by atoms with Gasteiger partial charge in [0.1, 0.15) is 0 Å². The molecule has 164 valence electrons. The zero-order valence-corrected chi connectivity index (χ0v) is 17.9. The number of amides is 1. The molecule has 31 heavy (non-hydrogen) atoms. The molecular formula is C24H30N4O3. The molecule has 2 heterocycles. The van der Waals surface area contributed by atoms with Crippen LogP contribution in [-0.2, 0) is 13.1 Å². The first-order valence-corrected chi connectivity index (χ1v) is 11.2. The molecule has 0 radical (unpaired) electrons. The van der Waals surface area contributed by atoms with E-state index in [-0.39, 0.29) is 11.6 Å². The monoisotopic (exact) mass is 422 g/mol. The Bertz CT molecular complexity index is 934. The number of rotatable bonds is 7. The van der Waals surface area contributed by atoms with Crippen molar-refractivity contribution in [3.8, 4) is 0 Å². The molecule has 0 bridgehead atoms. The van der Waals surface area contributed by atoms with Crippen LogP contribution < -0.4 is 10.2 Å². The maximum Gasteiger partial charge on any atom is 0.270 e. The highest BCUT2D eigenvalue weighted by Crippen LogP contribution is 2.28. The van der Waals surface area contributed by atoms with Gasteiger partial charge in [-0.15, -0.1) is 0 Å². The van der Waals surface area contributed by atoms with E-state index in [0.29, 0.717) is 12.1 Å². The average molecular weight is 423 g/mol. The van der Waals surface area contributed by atoms with Crippen molar-refractivity contribution in [1.29, 1.82) is 0 Å². The van der Waals surface area contributed by atoms with Gasteiger partial charge in [-0.1, -0.05) is 30.7 Å². The molecule has 7 nitrogen and oxygen atoms in total. The number of carbonyl (C=O) groups excluding carboxylic acids is 1. The number of nitro groups is 1. The molecule has 7 heteroatoms. The van der Waals surface area contributed by atoms with Gasteiger partial charge in [-0.3, -0.25) is 19.8 Å². The Morgan fingerprint density at radius 3 is 2.32 bits per heavy atom. The number of non-ortho nitro benzene ring substituents is 1. The molecule has 2 aromatic rings. The maximum absolute atomic E-state index is 13.1. The summed E-state index contributed by atoms with van der Waals surface area (Å²) >= 11 is 0. The smallest absolute Gasteiger partial charge is 0.270 e. The number of nitrogens with one attached hydrogen (secondary N) is 1. The van der Waals surface area contributed by atoms with Gasteiger partial charge in [0.2, 0.25) is 0 Å². The Balaban J connectivity index is 1.50. The fourth-order valence-corrected chi connectivity index (χ4v) is 4.57. The standard InChI is InChI=1S/C24H30N4O3/c29-24(22-16-21(28(30)31)10-11-23(22)27-14-6-7-15-27)25-17-19-8-2-3-9-20(19)18-26-12-4-1-5-13-26/h2-3,8-11,16H,1,4-7,12-15,17-18H2,(H,25,29). The van der Waals surface area contributed by atoms with Crippen molar-refractivity contribution in [2.24, 2.45) is 0 Å². The van der Waals surface area contributed by atoms with Crippen LogP contribution in [0.2, 0.25) is 0 Å². The number of piperidine rings is 1. The predicted molar refractivity (Wildman–Crippen MR) is 121 cm³/mol. The summed E-state index contributed by atoms with van der Waals surface area (Å²) in [5.74, 6) is -0.265. The number of anilines is 1. The van der Waals surface area contributed by atoms with Crippen LogP contribution in [0, 0.1) is 10.1 Å². The van der Waals surface area contributed by atoms with E-state index in [0.717, 1.165) is 56.8 Å². The Kier molecular flexibility index (Phi) is 6.82. The molecular weight excluding hydrogens is 392 g/mol. The lowest BCUT2D eigenvalue weighted by molar-refractivity contribution is -0.384. The molecule has 4 rings (SSSR count). The first kappa shape index (κ1) is 21.3. The molecule has 0 aromatic heterocycles. The minimum absolute atomic E-state index is 0.0569. The fourth-order valence-electron chi connectivity index (χ4n) is 4.57. The zero-order chi connectivity index (χ0) is 21.6. The van der Waals surface area contributed by atoms with E-state index in [1.807, 2.05) is 18.2 Å². The van der Waals surface area contributed by atoms with Gasteiger partial charge >= 0.3 is 0 Å². The molecule has 2 aliphatic rings. The lowest BCUT2D eigenvalue weighted by Gasteiger charge is -2.27. The Morgan fingerprint density at radius 2 is 1.61 bits per heavy atom. The summed E-state index contributed by atoms with van der Waals surface area (Å²) in [6.45, 7) is 5.28. The quantitative estimate of drug-likeness (QED) is 0.537. The normalized spacial score (nSPS) is 17.0. The van der Waals surface area contributed by atoms with Crippen molar-refractivity contribution in [3.05, 3.63) is 69.3 Å². The third-order valence-corrected chi connectivity index (χ3v) is 6.28. The largest absolute Gasteiger partial charge is 0.371 e. The summed E-state index contributed by atoms with van der Waals surface area (Å²) in [7, 11) is 0. The molecule has 0 spiro atoms. The van der Waals surface area contributed by atoms with Crippen LogP contribution in [0.3, 0.4) is 0 Å². The van der Waals surface area contributed by atoms with Crippen molar-refractivity contribution in [3.63, 3.8) is 0 Å². The molecule has 2 aliphatic heterocycles. The summed E-state index contributed by atoms with van der Waals surface area (Å²) in [6.07, 6.45) is 5.93. The molecule has 0 atom stereocenters. The third kappa shape index (κ3) is 5.22. The van der Waals surface area contributed by atoms with Gasteiger partial charge < -0.3 is 10.2 Å². The zero-order valence-electron chi connectivity index (χ0n) is 17.9. The number of hydrogen-bond acceptors (Lipinski definition) is 5. The van der Waals surface area contributed by atoms with Crippen molar-refractivity contribution >= 4 is 17.3 Å². The number of hydrogen-bond donors (Lipinski definition) is 1. The second-order valence-electron chi connectivity index (χ2n) is 8.44. The predicted octanol–water partition coefficient (Wildman–Crippen LogP) is 4.11. The first-order valence-electron chi connectivity index (χ1n) is 11.2. The van der Waals surface area contributed by atoms with Gasteiger partial charge in [0.15, 0.2) is 0 Å². The van der Waals surface area contributed by atoms with Crippen LogP contribution in [0.15, 0.2) is 42.5 Å². The van der Waals surface area contributed by atoms with Crippen LogP contribution in [0.5, 0.6) is 0 Å². The highest BCUT2D eigenvalue weighted by molar-refractivity contribution is 6.00. The van der Waals surface area contributed by atoms with Gasteiger partial charge in [0, 0.05) is 38.3 Å². The van der Waals surface area contributed by atoms with E-state index >= 15 is 0 Å². The van der Waals surface area contributed by atoms with E-state index in [9.17, 15) is 14.9 Å². The summed E-state index contributed by atoms with van der Waals surface area (Å²) in [6, 6.07) is 12.8. The van der Waals surface area contributed by atoms with Crippen LogP contribution >= 0.6 is 0 Å². The second kappa shape index (κ2) is 9.92. The van der Waals surface area contributed by atoms with Gasteiger partial charge in [0.05, 0.1) is 16.2 Å². The third-order valence-electron chi connectivity index (χ3n) is 6.28. The van der Waals surface area contributed by atoms with Crippen molar-refractivity contribution in [2.45, 2.75) is 45.2 Å². The van der Waals surface area contributed by atoms with E-state index in [1.165, 1.54) is 37.0 Å². The first-order chi connectivity index (χ1) is 15.1. The van der Waals surface area contributed by atoms with E-state index in [4.69, 9.17) is 0 Å². The topological polar surface area (TPSA) is 78.7 Å². The molecule has 1 amide bonds.